The fraction of sp³-hybridized carbons (Fsp3) is 0.421. The van der Waals surface area contributed by atoms with E-state index < -0.39 is 11.9 Å². The molecular formula is C19H24N2O3S. The van der Waals surface area contributed by atoms with E-state index in [1.54, 1.807) is 0 Å². The maximum Gasteiger partial charge on any atom is 0.308 e. The molecule has 1 unspecified atom stereocenters. The van der Waals surface area contributed by atoms with Crippen molar-refractivity contribution >= 4 is 23.2 Å². The molecule has 1 amide bonds. The van der Waals surface area contributed by atoms with Gasteiger partial charge in [-0.1, -0.05) is 44.2 Å². The minimum atomic E-state index is -0.875. The summed E-state index contributed by atoms with van der Waals surface area (Å²) in [7, 11) is 0. The van der Waals surface area contributed by atoms with Gasteiger partial charge in [-0.05, 0) is 24.8 Å². The third-order valence-corrected chi connectivity index (χ3v) is 5.02. The number of nitrogens with zero attached hydrogens (tertiary/aromatic N) is 1. The summed E-state index contributed by atoms with van der Waals surface area (Å²) in [5.41, 5.74) is 1.83. The van der Waals surface area contributed by atoms with Gasteiger partial charge in [-0.3, -0.25) is 9.59 Å². The molecule has 0 aliphatic heterocycles. The standard InChI is InChI=1S/C19H24N2O3S/c1-12(2)9-15(19(23)24)11-20-18(22)17-13(3)21-16(25-17)10-14-7-5-4-6-8-14/h4-8,12,15H,9-11H2,1-3H3,(H,20,22)(H,23,24). The van der Waals surface area contributed by atoms with Gasteiger partial charge < -0.3 is 10.4 Å². The maximum atomic E-state index is 12.4. The topological polar surface area (TPSA) is 79.3 Å². The Bertz CT molecular complexity index is 726. The molecule has 1 aromatic heterocycles. The summed E-state index contributed by atoms with van der Waals surface area (Å²) in [5.74, 6) is -1.43. The number of hydrogen-bond donors (Lipinski definition) is 2. The van der Waals surface area contributed by atoms with E-state index in [1.807, 2.05) is 51.1 Å². The van der Waals surface area contributed by atoms with Crippen LogP contribution in [0.1, 0.15) is 46.2 Å². The Hall–Kier alpha value is -2.21. The summed E-state index contributed by atoms with van der Waals surface area (Å²) < 4.78 is 0. The quantitative estimate of drug-likeness (QED) is 0.755. The highest BCUT2D eigenvalue weighted by Crippen LogP contribution is 2.21. The van der Waals surface area contributed by atoms with Crippen LogP contribution < -0.4 is 5.32 Å². The first kappa shape index (κ1) is 19.1. The van der Waals surface area contributed by atoms with Gasteiger partial charge in [0.05, 0.1) is 16.6 Å². The molecule has 6 heteroatoms. The van der Waals surface area contributed by atoms with E-state index in [1.165, 1.54) is 11.3 Å². The minimum Gasteiger partial charge on any atom is -0.481 e. The van der Waals surface area contributed by atoms with Crippen molar-refractivity contribution in [2.45, 2.75) is 33.6 Å². The van der Waals surface area contributed by atoms with Crippen molar-refractivity contribution in [1.29, 1.82) is 0 Å². The number of aliphatic carboxylic acids is 1. The number of carboxylic acids is 1. The fourth-order valence-electron chi connectivity index (χ4n) is 2.65. The lowest BCUT2D eigenvalue weighted by Crippen LogP contribution is -2.33. The van der Waals surface area contributed by atoms with Gasteiger partial charge in [0.25, 0.3) is 5.91 Å². The van der Waals surface area contributed by atoms with Crippen molar-refractivity contribution in [2.75, 3.05) is 6.54 Å². The highest BCUT2D eigenvalue weighted by molar-refractivity contribution is 7.13. The van der Waals surface area contributed by atoms with Crippen LogP contribution in [0.2, 0.25) is 0 Å². The lowest BCUT2D eigenvalue weighted by atomic mass is 9.97. The molecule has 0 aliphatic rings. The van der Waals surface area contributed by atoms with E-state index in [9.17, 15) is 14.7 Å². The zero-order chi connectivity index (χ0) is 18.4. The summed E-state index contributed by atoms with van der Waals surface area (Å²) in [6.45, 7) is 5.89. The Morgan fingerprint density at radius 2 is 1.92 bits per heavy atom. The van der Waals surface area contributed by atoms with Crippen molar-refractivity contribution in [1.82, 2.24) is 10.3 Å². The van der Waals surface area contributed by atoms with Crippen LogP contribution in [0.5, 0.6) is 0 Å². The number of nitrogens with one attached hydrogen (secondary N) is 1. The number of amides is 1. The molecule has 2 aromatic rings. The fourth-order valence-corrected chi connectivity index (χ4v) is 3.66. The van der Waals surface area contributed by atoms with Crippen LogP contribution in [-0.4, -0.2) is 28.5 Å². The van der Waals surface area contributed by atoms with Crippen molar-refractivity contribution in [3.63, 3.8) is 0 Å². The third kappa shape index (κ3) is 5.67. The number of rotatable bonds is 8. The second-order valence-corrected chi connectivity index (χ2v) is 7.64. The molecule has 0 bridgehead atoms. The molecule has 134 valence electrons. The number of thiazole rings is 1. The average Bonchev–Trinajstić information content (AvgIpc) is 2.92. The average molecular weight is 360 g/mol. The SMILES string of the molecule is Cc1nc(Cc2ccccc2)sc1C(=O)NCC(CC(C)C)C(=O)O. The monoisotopic (exact) mass is 360 g/mol. The van der Waals surface area contributed by atoms with Crippen LogP contribution in [-0.2, 0) is 11.2 Å². The highest BCUT2D eigenvalue weighted by atomic mass is 32.1. The first-order valence-electron chi connectivity index (χ1n) is 8.38. The first-order chi connectivity index (χ1) is 11.9. The van der Waals surface area contributed by atoms with Crippen molar-refractivity contribution < 1.29 is 14.7 Å². The van der Waals surface area contributed by atoms with Gasteiger partial charge in [0.2, 0.25) is 0 Å². The number of aromatic nitrogens is 1. The number of carboxylic acid groups (broad SMARTS) is 1. The number of hydrogen-bond acceptors (Lipinski definition) is 4. The molecule has 5 nitrogen and oxygen atoms in total. The van der Waals surface area contributed by atoms with Crippen LogP contribution in [0.4, 0.5) is 0 Å². The van der Waals surface area contributed by atoms with E-state index >= 15 is 0 Å². The van der Waals surface area contributed by atoms with Crippen LogP contribution in [0, 0.1) is 18.8 Å². The van der Waals surface area contributed by atoms with Gasteiger partial charge in [-0.25, -0.2) is 4.98 Å². The first-order valence-corrected chi connectivity index (χ1v) is 9.19. The highest BCUT2D eigenvalue weighted by Gasteiger charge is 2.21. The zero-order valence-corrected chi connectivity index (χ0v) is 15.6. The van der Waals surface area contributed by atoms with Crippen molar-refractivity contribution in [3.8, 4) is 0 Å². The molecule has 0 spiro atoms. The predicted molar refractivity (Wildman–Crippen MR) is 99.0 cm³/mol. The molecule has 0 radical (unpaired) electrons. The summed E-state index contributed by atoms with van der Waals surface area (Å²) in [6, 6.07) is 9.97. The Kier molecular flexibility index (Phi) is 6.70. The van der Waals surface area contributed by atoms with E-state index in [2.05, 4.69) is 10.3 Å². The molecule has 1 atom stereocenters. The van der Waals surface area contributed by atoms with Crippen molar-refractivity contribution in [3.05, 3.63) is 51.5 Å². The molecule has 0 saturated carbocycles. The molecule has 2 rings (SSSR count). The lowest BCUT2D eigenvalue weighted by Gasteiger charge is -2.15. The van der Waals surface area contributed by atoms with E-state index in [0.29, 0.717) is 23.4 Å². The second kappa shape index (κ2) is 8.76. The molecule has 2 N–H and O–H groups in total. The molecule has 25 heavy (non-hydrogen) atoms. The molecule has 0 aliphatic carbocycles. The van der Waals surface area contributed by atoms with E-state index in [0.717, 1.165) is 10.6 Å². The molecule has 1 heterocycles. The summed E-state index contributed by atoms with van der Waals surface area (Å²) in [4.78, 5) is 28.7. The summed E-state index contributed by atoms with van der Waals surface area (Å²) in [5, 5.41) is 12.9. The molecule has 1 aromatic carbocycles. The van der Waals surface area contributed by atoms with Crippen LogP contribution in [0.3, 0.4) is 0 Å². The summed E-state index contributed by atoms with van der Waals surface area (Å²) in [6.07, 6.45) is 1.22. The van der Waals surface area contributed by atoms with E-state index in [-0.39, 0.29) is 18.4 Å². The number of aryl methyl sites for hydroxylation is 1. The van der Waals surface area contributed by atoms with Crippen LogP contribution in [0.25, 0.3) is 0 Å². The number of carbonyl (C=O) groups excluding carboxylic acids is 1. The van der Waals surface area contributed by atoms with Gasteiger partial charge in [0.1, 0.15) is 4.88 Å². The van der Waals surface area contributed by atoms with Crippen molar-refractivity contribution in [2.24, 2.45) is 11.8 Å². The zero-order valence-electron chi connectivity index (χ0n) is 14.8. The van der Waals surface area contributed by atoms with Gasteiger partial charge in [0.15, 0.2) is 0 Å². The Balaban J connectivity index is 2.00. The molecule has 0 fully saturated rings. The largest absolute Gasteiger partial charge is 0.481 e. The normalized spacial score (nSPS) is 12.2. The maximum absolute atomic E-state index is 12.4. The van der Waals surface area contributed by atoms with E-state index in [4.69, 9.17) is 0 Å². The number of carbonyl (C=O) groups is 2. The minimum absolute atomic E-state index is 0.137. The smallest absolute Gasteiger partial charge is 0.308 e. The summed E-state index contributed by atoms with van der Waals surface area (Å²) >= 11 is 1.37. The Morgan fingerprint density at radius 1 is 1.24 bits per heavy atom. The third-order valence-electron chi connectivity index (χ3n) is 3.86. The van der Waals surface area contributed by atoms with Gasteiger partial charge in [-0.15, -0.1) is 11.3 Å². The second-order valence-electron chi connectivity index (χ2n) is 6.56. The van der Waals surface area contributed by atoms with Gasteiger partial charge in [0, 0.05) is 13.0 Å². The Labute approximate surface area is 152 Å². The molecule has 0 saturated heterocycles. The Morgan fingerprint density at radius 3 is 2.52 bits per heavy atom. The van der Waals surface area contributed by atoms with Gasteiger partial charge in [-0.2, -0.15) is 0 Å². The van der Waals surface area contributed by atoms with Crippen LogP contribution >= 0.6 is 11.3 Å². The van der Waals surface area contributed by atoms with Gasteiger partial charge >= 0.3 is 5.97 Å². The predicted octanol–water partition coefficient (Wildman–Crippen LogP) is 3.52. The van der Waals surface area contributed by atoms with Crippen LogP contribution in [0.15, 0.2) is 30.3 Å². The molecular weight excluding hydrogens is 336 g/mol. The lowest BCUT2D eigenvalue weighted by molar-refractivity contribution is -0.142. The number of benzene rings is 1.